The van der Waals surface area contributed by atoms with E-state index in [9.17, 15) is 14.3 Å². The number of aromatic nitrogens is 4. The van der Waals surface area contributed by atoms with Gasteiger partial charge in [0, 0.05) is 55.2 Å². The average Bonchev–Trinajstić information content (AvgIpc) is 3.91. The highest BCUT2D eigenvalue weighted by molar-refractivity contribution is 6.16. The summed E-state index contributed by atoms with van der Waals surface area (Å²) >= 11 is 0. The molecule has 5 aromatic rings. The molecule has 11 nitrogen and oxygen atoms in total. The number of rotatable bonds is 9. The zero-order chi connectivity index (χ0) is 36.4. The van der Waals surface area contributed by atoms with Crippen LogP contribution in [-0.2, 0) is 32.5 Å². The maximum Gasteiger partial charge on any atom is 0.318 e. The highest BCUT2D eigenvalue weighted by Crippen LogP contribution is 2.43. The van der Waals surface area contributed by atoms with Gasteiger partial charge < -0.3 is 24.4 Å². The number of phenols is 1. The normalized spacial score (nSPS) is 21.0. The van der Waals surface area contributed by atoms with E-state index in [-0.39, 0.29) is 36.6 Å². The lowest BCUT2D eigenvalue weighted by Gasteiger charge is -2.31. The Kier molecular flexibility index (Phi) is 8.21. The van der Waals surface area contributed by atoms with Crippen LogP contribution in [-0.4, -0.2) is 80.7 Å². The van der Waals surface area contributed by atoms with Gasteiger partial charge in [-0.25, -0.2) is 8.78 Å². The maximum absolute atomic E-state index is 15.2. The number of alkyl halides is 1. The van der Waals surface area contributed by atoms with Crippen molar-refractivity contribution >= 4 is 28.2 Å². The Hall–Kier alpha value is -5.30. The molecule has 1 amide bonds. The fourth-order valence-corrected chi connectivity index (χ4v) is 8.95. The number of hydrogen-bond acceptors (Lipinski definition) is 9. The van der Waals surface area contributed by atoms with Crippen molar-refractivity contribution in [3.63, 3.8) is 0 Å². The van der Waals surface area contributed by atoms with Gasteiger partial charge in [-0.3, -0.25) is 14.4 Å². The quantitative estimate of drug-likeness (QED) is 0.197. The number of halogens is 2. The van der Waals surface area contributed by atoms with Gasteiger partial charge in [0.2, 0.25) is 0 Å². The average molecular weight is 722 g/mol. The largest absolute Gasteiger partial charge is 0.508 e. The molecule has 0 radical (unpaired) electrons. The molecule has 2 aromatic heterocycles. The van der Waals surface area contributed by atoms with Gasteiger partial charge in [-0.05, 0) is 66.6 Å². The highest BCUT2D eigenvalue weighted by Gasteiger charge is 2.49. The second kappa shape index (κ2) is 13.0. The van der Waals surface area contributed by atoms with Crippen LogP contribution in [0.2, 0.25) is 0 Å². The SMILES string of the molecule is CCc1c(F)ccc2cc(O)cc(N3Cc4nc(OCC56CCCN5CC(F)C6)nc(N5CCc6c(cnn6Cc6ccc(OC)cc6)C5)c4C3=O)c12. The van der Waals surface area contributed by atoms with E-state index in [2.05, 4.69) is 9.80 Å². The van der Waals surface area contributed by atoms with E-state index >= 15 is 4.39 Å². The number of carbonyl (C=O) groups excluding carboxylic acids is 1. The number of anilines is 2. The Morgan fingerprint density at radius 1 is 1.08 bits per heavy atom. The molecule has 0 aliphatic carbocycles. The molecule has 2 unspecified atom stereocenters. The van der Waals surface area contributed by atoms with Crippen molar-refractivity contribution in [1.29, 1.82) is 0 Å². The number of nitrogens with zero attached hydrogens (tertiary/aromatic N) is 7. The van der Waals surface area contributed by atoms with Crippen molar-refractivity contribution in [3.05, 3.63) is 94.2 Å². The predicted octanol–water partition coefficient (Wildman–Crippen LogP) is 5.97. The Balaban J connectivity index is 1.07. The van der Waals surface area contributed by atoms with E-state index in [0.29, 0.717) is 84.5 Å². The lowest BCUT2D eigenvalue weighted by atomic mass is 9.95. The van der Waals surface area contributed by atoms with Gasteiger partial charge in [-0.1, -0.05) is 25.1 Å². The van der Waals surface area contributed by atoms with Crippen molar-refractivity contribution in [2.75, 3.05) is 43.2 Å². The fourth-order valence-electron chi connectivity index (χ4n) is 8.95. The minimum absolute atomic E-state index is 0.0291. The third-order valence-corrected chi connectivity index (χ3v) is 11.5. The van der Waals surface area contributed by atoms with Gasteiger partial charge in [0.25, 0.3) is 5.91 Å². The number of amides is 1. The first-order valence-corrected chi connectivity index (χ1v) is 18.3. The minimum Gasteiger partial charge on any atom is -0.508 e. The summed E-state index contributed by atoms with van der Waals surface area (Å²) in [4.78, 5) is 30.1. The van der Waals surface area contributed by atoms with Crippen LogP contribution >= 0.6 is 0 Å². The summed E-state index contributed by atoms with van der Waals surface area (Å²) in [6.07, 6.45) is 4.28. The lowest BCUT2D eigenvalue weighted by Crippen LogP contribution is -2.43. The summed E-state index contributed by atoms with van der Waals surface area (Å²) < 4.78 is 43.5. The van der Waals surface area contributed by atoms with Crippen molar-refractivity contribution < 1.29 is 28.2 Å². The van der Waals surface area contributed by atoms with Crippen LogP contribution in [0.15, 0.2) is 54.7 Å². The Morgan fingerprint density at radius 2 is 1.92 bits per heavy atom. The lowest BCUT2D eigenvalue weighted by molar-refractivity contribution is 0.0996. The number of fused-ring (bicyclic) bond motifs is 4. The van der Waals surface area contributed by atoms with Crippen LogP contribution in [0.25, 0.3) is 10.8 Å². The van der Waals surface area contributed by atoms with E-state index in [4.69, 9.17) is 24.5 Å². The summed E-state index contributed by atoms with van der Waals surface area (Å²) in [6, 6.07) is 14.2. The zero-order valence-corrected chi connectivity index (χ0v) is 29.8. The topological polar surface area (TPSA) is 109 Å². The summed E-state index contributed by atoms with van der Waals surface area (Å²) in [5, 5.41) is 16.7. The first-order valence-electron chi connectivity index (χ1n) is 18.3. The van der Waals surface area contributed by atoms with Gasteiger partial charge >= 0.3 is 6.01 Å². The molecule has 6 heterocycles. The number of hydrogen-bond donors (Lipinski definition) is 1. The minimum atomic E-state index is -0.898. The number of phenolic OH excluding ortho intramolecular Hbond substituents is 1. The van der Waals surface area contributed by atoms with Crippen LogP contribution in [0.4, 0.5) is 20.3 Å². The number of ether oxygens (including phenoxy) is 2. The molecule has 274 valence electrons. The molecule has 13 heteroatoms. The molecule has 4 aliphatic rings. The third-order valence-electron chi connectivity index (χ3n) is 11.5. The molecular formula is C40H41F2N7O4. The second-order valence-electron chi connectivity index (χ2n) is 14.6. The smallest absolute Gasteiger partial charge is 0.318 e. The van der Waals surface area contributed by atoms with Gasteiger partial charge in [0.1, 0.15) is 41.5 Å². The molecule has 9 rings (SSSR count). The number of carbonyl (C=O) groups is 1. The molecule has 3 aromatic carbocycles. The van der Waals surface area contributed by atoms with E-state index < -0.39 is 11.7 Å². The molecule has 0 spiro atoms. The number of benzene rings is 3. The summed E-state index contributed by atoms with van der Waals surface area (Å²) in [6.45, 7) is 5.10. The van der Waals surface area contributed by atoms with Gasteiger partial charge in [-0.15, -0.1) is 0 Å². The molecule has 2 atom stereocenters. The molecule has 1 N–H and O–H groups in total. The van der Waals surface area contributed by atoms with Gasteiger partial charge in [0.15, 0.2) is 0 Å². The van der Waals surface area contributed by atoms with Gasteiger partial charge in [0.05, 0.1) is 43.3 Å². The summed E-state index contributed by atoms with van der Waals surface area (Å²) in [5.41, 5.74) is 4.57. The van der Waals surface area contributed by atoms with Crippen LogP contribution in [0, 0.1) is 5.82 Å². The van der Waals surface area contributed by atoms with Crippen LogP contribution in [0.1, 0.15) is 64.6 Å². The Labute approximate surface area is 305 Å². The number of methoxy groups -OCH3 is 1. The van der Waals surface area contributed by atoms with Gasteiger partial charge in [-0.2, -0.15) is 15.1 Å². The molecule has 2 fully saturated rings. The van der Waals surface area contributed by atoms with Crippen LogP contribution in [0.5, 0.6) is 17.5 Å². The zero-order valence-electron chi connectivity index (χ0n) is 29.8. The maximum atomic E-state index is 15.2. The van der Waals surface area contributed by atoms with E-state index in [1.807, 2.05) is 42.1 Å². The second-order valence-corrected chi connectivity index (χ2v) is 14.6. The molecule has 53 heavy (non-hydrogen) atoms. The highest BCUT2D eigenvalue weighted by atomic mass is 19.1. The van der Waals surface area contributed by atoms with E-state index in [1.54, 1.807) is 24.1 Å². The summed E-state index contributed by atoms with van der Waals surface area (Å²) in [5.74, 6) is 0.515. The monoisotopic (exact) mass is 721 g/mol. The predicted molar refractivity (Wildman–Crippen MR) is 195 cm³/mol. The van der Waals surface area contributed by atoms with E-state index in [0.717, 1.165) is 42.0 Å². The first-order chi connectivity index (χ1) is 25.7. The number of aryl methyl sites for hydroxylation is 1. The molecule has 4 aliphatic heterocycles. The van der Waals surface area contributed by atoms with Crippen LogP contribution < -0.4 is 19.3 Å². The van der Waals surface area contributed by atoms with Crippen LogP contribution in [0.3, 0.4) is 0 Å². The standard InChI is InChI=1S/C40H41F2N7O4/c1-3-30-31(42)10-7-25-15-28(50)16-34(35(25)30)48-22-32-36(38(48)51)37(45-39(44-32)53-23-40-12-4-13-47(40)21-27(41)17-40)46-14-11-33-26(20-46)18-43-49(33)19-24-5-8-29(52-2)9-6-24/h5-10,15-16,18,27,50H,3-4,11-14,17,19-23H2,1-2H3. The van der Waals surface area contributed by atoms with Crippen molar-refractivity contribution in [3.8, 4) is 17.5 Å². The molecule has 0 bridgehead atoms. The third kappa shape index (κ3) is 5.72. The van der Waals surface area contributed by atoms with Crippen molar-refractivity contribution in [2.24, 2.45) is 0 Å². The van der Waals surface area contributed by atoms with E-state index in [1.165, 1.54) is 12.1 Å². The first kappa shape index (κ1) is 33.5. The van der Waals surface area contributed by atoms with Crippen molar-refractivity contribution in [1.82, 2.24) is 24.6 Å². The molecule has 0 saturated carbocycles. The fraction of sp³-hybridized carbons (Fsp3) is 0.400. The molecule has 2 saturated heterocycles. The molecular weight excluding hydrogens is 680 g/mol. The summed E-state index contributed by atoms with van der Waals surface area (Å²) in [7, 11) is 1.65. The van der Waals surface area contributed by atoms with Crippen molar-refractivity contribution in [2.45, 2.75) is 70.4 Å². The Morgan fingerprint density at radius 3 is 2.74 bits per heavy atom. The number of aromatic hydroxyl groups is 1. The Bertz CT molecular complexity index is 2250.